The van der Waals surface area contributed by atoms with E-state index in [1.54, 1.807) is 29.6 Å². The zero-order chi connectivity index (χ0) is 15.8. The monoisotopic (exact) mass is 343 g/mol. The Bertz CT molecular complexity index is 848. The van der Waals surface area contributed by atoms with Crippen molar-refractivity contribution in [3.05, 3.63) is 39.6 Å². The first-order valence-electron chi connectivity index (χ1n) is 7.67. The molecule has 0 bridgehead atoms. The number of rotatable bonds is 3. The highest BCUT2D eigenvalue weighted by Crippen LogP contribution is 2.41. The average molecular weight is 343 g/mol. The van der Waals surface area contributed by atoms with E-state index in [0.717, 1.165) is 30.0 Å². The largest absolute Gasteiger partial charge is 0.351 e. The number of carbonyl (C=O) groups is 1. The number of carbonyl (C=O) groups excluding carboxylic acids is 1. The van der Waals surface area contributed by atoms with Crippen molar-refractivity contribution < 1.29 is 4.79 Å². The molecule has 0 atom stereocenters. The van der Waals surface area contributed by atoms with Gasteiger partial charge >= 0.3 is 0 Å². The normalized spacial score (nSPS) is 14.0. The zero-order valence-corrected chi connectivity index (χ0v) is 14.4. The molecule has 3 heterocycles. The maximum Gasteiger partial charge on any atom is 0.217 e. The Morgan fingerprint density at radius 1 is 1.35 bits per heavy atom. The minimum atomic E-state index is 0.00440. The van der Waals surface area contributed by atoms with Gasteiger partial charge in [-0.25, -0.2) is 4.98 Å². The summed E-state index contributed by atoms with van der Waals surface area (Å²) in [5, 5.41) is 7.45. The lowest BCUT2D eigenvalue weighted by molar-refractivity contribution is -0.119. The molecule has 23 heavy (non-hydrogen) atoms. The molecule has 1 aliphatic rings. The first kappa shape index (κ1) is 14.8. The Balaban J connectivity index is 1.84. The molecule has 1 aliphatic heterocycles. The minimum absolute atomic E-state index is 0.00440. The van der Waals surface area contributed by atoms with Gasteiger partial charge in [-0.05, 0) is 30.7 Å². The van der Waals surface area contributed by atoms with Gasteiger partial charge in [0, 0.05) is 28.8 Å². The fourth-order valence-corrected chi connectivity index (χ4v) is 5.34. The quantitative estimate of drug-likeness (QED) is 0.767. The highest BCUT2D eigenvalue weighted by molar-refractivity contribution is 7.22. The van der Waals surface area contributed by atoms with Gasteiger partial charge in [0.15, 0.2) is 0 Å². The Labute approximate surface area is 142 Å². The summed E-state index contributed by atoms with van der Waals surface area (Å²) in [4.78, 5) is 18.8. The lowest BCUT2D eigenvalue weighted by Gasteiger charge is -2.13. The van der Waals surface area contributed by atoms with Crippen LogP contribution in [-0.2, 0) is 24.3 Å². The summed E-state index contributed by atoms with van der Waals surface area (Å²) in [5.74, 6) is 0.00440. The molecular formula is C17H17N3OS2. The summed E-state index contributed by atoms with van der Waals surface area (Å²) >= 11 is 3.54. The van der Waals surface area contributed by atoms with Crippen LogP contribution < -0.4 is 10.6 Å². The van der Waals surface area contributed by atoms with Crippen LogP contribution in [0.4, 0.5) is 0 Å². The van der Waals surface area contributed by atoms with Crippen molar-refractivity contribution in [3.8, 4) is 10.6 Å². The topological polar surface area (TPSA) is 54.0 Å². The van der Waals surface area contributed by atoms with E-state index in [0.29, 0.717) is 6.54 Å². The van der Waals surface area contributed by atoms with Crippen molar-refractivity contribution in [2.75, 3.05) is 6.54 Å². The Hall–Kier alpha value is -1.76. The molecule has 0 aliphatic carbocycles. The van der Waals surface area contributed by atoms with Crippen molar-refractivity contribution in [2.24, 2.45) is 0 Å². The third kappa shape index (κ3) is 2.78. The van der Waals surface area contributed by atoms with Gasteiger partial charge in [-0.2, -0.15) is 0 Å². The first-order valence-corrected chi connectivity index (χ1v) is 9.30. The number of hydrogen-bond acceptors (Lipinski definition) is 5. The average Bonchev–Trinajstić information content (AvgIpc) is 3.13. The number of nitrogens with one attached hydrogen (secondary N) is 2. The third-order valence-electron chi connectivity index (χ3n) is 4.01. The molecule has 1 amide bonds. The molecule has 6 heteroatoms. The van der Waals surface area contributed by atoms with Crippen LogP contribution in [0.5, 0.6) is 0 Å². The second-order valence-corrected chi connectivity index (χ2v) is 7.85. The summed E-state index contributed by atoms with van der Waals surface area (Å²) in [6.45, 7) is 4.06. The van der Waals surface area contributed by atoms with Crippen molar-refractivity contribution >= 4 is 38.8 Å². The second-order valence-electron chi connectivity index (χ2n) is 5.63. The van der Waals surface area contributed by atoms with Gasteiger partial charge in [0.05, 0.1) is 16.8 Å². The molecular weight excluding hydrogens is 326 g/mol. The maximum absolute atomic E-state index is 11.3. The molecule has 0 spiro atoms. The fraction of sp³-hybridized carbons (Fsp3) is 0.294. The van der Waals surface area contributed by atoms with E-state index < -0.39 is 0 Å². The van der Waals surface area contributed by atoms with Crippen molar-refractivity contribution in [1.82, 2.24) is 15.6 Å². The predicted molar refractivity (Wildman–Crippen MR) is 95.9 cm³/mol. The second kappa shape index (κ2) is 6.03. The summed E-state index contributed by atoms with van der Waals surface area (Å²) < 4.78 is 1.21. The van der Waals surface area contributed by atoms with Crippen LogP contribution >= 0.6 is 22.7 Å². The standard InChI is InChI=1S/C17H17N3OS2/c1-10(21)19-9-15-16(11-6-7-18-8-14(11)22-15)17-20-12-4-2-3-5-13(12)23-17/h2-5,18H,6-9H2,1H3,(H,19,21). The van der Waals surface area contributed by atoms with Gasteiger partial charge in [-0.15, -0.1) is 22.7 Å². The number of thiazole rings is 1. The van der Waals surface area contributed by atoms with Gasteiger partial charge in [0.2, 0.25) is 5.91 Å². The van der Waals surface area contributed by atoms with Crippen LogP contribution in [0.15, 0.2) is 24.3 Å². The summed E-state index contributed by atoms with van der Waals surface area (Å²) in [6.07, 6.45) is 1.02. The molecule has 2 aromatic heterocycles. The Morgan fingerprint density at radius 3 is 3.04 bits per heavy atom. The summed E-state index contributed by atoms with van der Waals surface area (Å²) in [6, 6.07) is 8.25. The summed E-state index contributed by atoms with van der Waals surface area (Å²) in [7, 11) is 0. The predicted octanol–water partition coefficient (Wildman–Crippen LogP) is 3.31. The number of amides is 1. The number of para-hydroxylation sites is 1. The number of thiophene rings is 1. The first-order chi connectivity index (χ1) is 11.2. The van der Waals surface area contributed by atoms with E-state index >= 15 is 0 Å². The molecule has 0 saturated heterocycles. The number of fused-ring (bicyclic) bond motifs is 2. The molecule has 118 valence electrons. The van der Waals surface area contributed by atoms with Gasteiger partial charge < -0.3 is 10.6 Å². The number of nitrogens with zero attached hydrogens (tertiary/aromatic N) is 1. The molecule has 4 rings (SSSR count). The zero-order valence-electron chi connectivity index (χ0n) is 12.8. The van der Waals surface area contributed by atoms with Crippen LogP contribution in [0.25, 0.3) is 20.8 Å². The molecule has 1 aromatic carbocycles. The molecule has 2 N–H and O–H groups in total. The molecule has 0 unspecified atom stereocenters. The van der Waals surface area contributed by atoms with Crippen LogP contribution in [-0.4, -0.2) is 17.4 Å². The van der Waals surface area contributed by atoms with E-state index in [1.165, 1.54) is 25.6 Å². The number of benzene rings is 1. The van der Waals surface area contributed by atoms with Gasteiger partial charge in [0.1, 0.15) is 5.01 Å². The van der Waals surface area contributed by atoms with Gasteiger partial charge in [0.25, 0.3) is 0 Å². The van der Waals surface area contributed by atoms with E-state index in [-0.39, 0.29) is 5.91 Å². The molecule has 0 radical (unpaired) electrons. The van der Waals surface area contributed by atoms with Crippen LogP contribution in [0.1, 0.15) is 22.2 Å². The van der Waals surface area contributed by atoms with Crippen molar-refractivity contribution in [3.63, 3.8) is 0 Å². The molecule has 0 fully saturated rings. The molecule has 3 aromatic rings. The summed E-state index contributed by atoms with van der Waals surface area (Å²) in [5.41, 5.74) is 3.71. The van der Waals surface area contributed by atoms with Gasteiger partial charge in [-0.3, -0.25) is 4.79 Å². The minimum Gasteiger partial charge on any atom is -0.351 e. The smallest absolute Gasteiger partial charge is 0.217 e. The van der Waals surface area contributed by atoms with Crippen molar-refractivity contribution in [1.29, 1.82) is 0 Å². The Kier molecular flexibility index (Phi) is 3.88. The van der Waals surface area contributed by atoms with E-state index in [2.05, 4.69) is 28.8 Å². The molecule has 0 saturated carbocycles. The fourth-order valence-electron chi connectivity index (χ4n) is 2.95. The number of hydrogen-bond donors (Lipinski definition) is 2. The van der Waals surface area contributed by atoms with Crippen LogP contribution in [0.2, 0.25) is 0 Å². The highest BCUT2D eigenvalue weighted by Gasteiger charge is 2.23. The van der Waals surface area contributed by atoms with E-state index in [1.807, 2.05) is 6.07 Å². The van der Waals surface area contributed by atoms with Crippen LogP contribution in [0.3, 0.4) is 0 Å². The van der Waals surface area contributed by atoms with Crippen molar-refractivity contribution in [2.45, 2.75) is 26.4 Å². The molecule has 4 nitrogen and oxygen atoms in total. The number of aromatic nitrogens is 1. The highest BCUT2D eigenvalue weighted by atomic mass is 32.1. The lowest BCUT2D eigenvalue weighted by Crippen LogP contribution is -2.22. The SMILES string of the molecule is CC(=O)NCc1sc2c(c1-c1nc3ccccc3s1)CCNC2. The Morgan fingerprint density at radius 2 is 2.22 bits per heavy atom. The van der Waals surface area contributed by atoms with Crippen LogP contribution in [0, 0.1) is 0 Å². The maximum atomic E-state index is 11.3. The van der Waals surface area contributed by atoms with Gasteiger partial charge in [-0.1, -0.05) is 12.1 Å². The third-order valence-corrected chi connectivity index (χ3v) is 6.29. The van der Waals surface area contributed by atoms with E-state index in [9.17, 15) is 4.79 Å². The van der Waals surface area contributed by atoms with E-state index in [4.69, 9.17) is 4.98 Å². The lowest BCUT2D eigenvalue weighted by atomic mass is 10.0.